The van der Waals surface area contributed by atoms with Gasteiger partial charge in [0.05, 0.1) is 0 Å². The van der Waals surface area contributed by atoms with Crippen LogP contribution in [0.25, 0.3) is 0 Å². The molecule has 3 nitrogen and oxygen atoms in total. The van der Waals surface area contributed by atoms with Crippen molar-refractivity contribution in [1.82, 2.24) is 0 Å². The number of hydrogen-bond donors (Lipinski definition) is 1. The predicted octanol–water partition coefficient (Wildman–Crippen LogP) is 2.20. The lowest BCUT2D eigenvalue weighted by atomic mass is 10.1. The average molecular weight is 234 g/mol. The molecular weight excluding hydrogens is 212 g/mol. The largest absolute Gasteiger partial charge is 0.330 e. The Labute approximate surface area is 104 Å². The summed E-state index contributed by atoms with van der Waals surface area (Å²) < 4.78 is 0. The maximum Gasteiger partial charge on any atom is 0.230 e. The van der Waals surface area contributed by atoms with Gasteiger partial charge in [-0.05, 0) is 24.1 Å². The molecule has 1 aromatic rings. The molecule has 0 aromatic heterocycles. The van der Waals surface area contributed by atoms with Crippen molar-refractivity contribution in [2.75, 3.05) is 18.5 Å². The minimum absolute atomic E-state index is 0.0655. The van der Waals surface area contributed by atoms with Gasteiger partial charge in [-0.1, -0.05) is 32.4 Å². The van der Waals surface area contributed by atoms with E-state index in [1.807, 2.05) is 19.1 Å². The monoisotopic (exact) mass is 234 g/mol. The number of rotatable bonds is 5. The summed E-state index contributed by atoms with van der Waals surface area (Å²) in [6.45, 7) is 4.40. The number of hydrogen-bond acceptors (Lipinski definition) is 2. The lowest BCUT2D eigenvalue weighted by molar-refractivity contribution is -0.121. The molecule has 0 aliphatic carbocycles. The summed E-state index contributed by atoms with van der Waals surface area (Å²) in [5.74, 6) is -0.0638. The van der Waals surface area contributed by atoms with Gasteiger partial charge in [0.2, 0.25) is 5.91 Å². The minimum Gasteiger partial charge on any atom is -0.330 e. The third-order valence-electron chi connectivity index (χ3n) is 2.97. The summed E-state index contributed by atoms with van der Waals surface area (Å²) in [6, 6.07) is 8.14. The third kappa shape index (κ3) is 3.56. The fourth-order valence-electron chi connectivity index (χ4n) is 1.73. The number of benzene rings is 1. The van der Waals surface area contributed by atoms with E-state index in [9.17, 15) is 4.79 Å². The quantitative estimate of drug-likeness (QED) is 0.849. The van der Waals surface area contributed by atoms with Gasteiger partial charge in [-0.3, -0.25) is 4.79 Å². The summed E-state index contributed by atoms with van der Waals surface area (Å²) in [4.78, 5) is 13.6. The highest BCUT2D eigenvalue weighted by Crippen LogP contribution is 2.16. The molecule has 0 aliphatic heterocycles. The molecule has 1 rings (SSSR count). The summed E-state index contributed by atoms with van der Waals surface area (Å²) >= 11 is 0. The lowest BCUT2D eigenvalue weighted by Crippen LogP contribution is -2.35. The van der Waals surface area contributed by atoms with Crippen LogP contribution in [0.4, 0.5) is 5.69 Å². The van der Waals surface area contributed by atoms with Gasteiger partial charge < -0.3 is 10.6 Å². The number of aryl methyl sites for hydroxylation is 1. The Balaban J connectivity index is 2.75. The molecule has 0 fully saturated rings. The zero-order chi connectivity index (χ0) is 12.8. The van der Waals surface area contributed by atoms with Crippen molar-refractivity contribution in [2.24, 2.45) is 11.7 Å². The average Bonchev–Trinajstić information content (AvgIpc) is 2.37. The highest BCUT2D eigenvalue weighted by molar-refractivity contribution is 5.94. The molecule has 1 atom stereocenters. The molecule has 0 heterocycles. The van der Waals surface area contributed by atoms with Crippen LogP contribution in [0.1, 0.15) is 25.8 Å². The van der Waals surface area contributed by atoms with Crippen molar-refractivity contribution in [1.29, 1.82) is 0 Å². The maximum atomic E-state index is 11.9. The fourth-order valence-corrected chi connectivity index (χ4v) is 1.73. The molecule has 2 N–H and O–H groups in total. The van der Waals surface area contributed by atoms with Gasteiger partial charge in [-0.2, -0.15) is 0 Å². The van der Waals surface area contributed by atoms with E-state index in [0.29, 0.717) is 6.54 Å². The van der Waals surface area contributed by atoms with E-state index in [1.165, 1.54) is 5.56 Å². The Bertz CT molecular complexity index is 359. The van der Waals surface area contributed by atoms with Gasteiger partial charge >= 0.3 is 0 Å². The van der Waals surface area contributed by atoms with Crippen LogP contribution >= 0.6 is 0 Å². The second-order valence-electron chi connectivity index (χ2n) is 4.45. The van der Waals surface area contributed by atoms with Gasteiger partial charge in [0.15, 0.2) is 0 Å². The Morgan fingerprint density at radius 2 is 1.94 bits per heavy atom. The smallest absolute Gasteiger partial charge is 0.230 e. The number of anilines is 1. The summed E-state index contributed by atoms with van der Waals surface area (Å²) in [7, 11) is 1.79. The molecule has 0 bridgehead atoms. The first-order valence-corrected chi connectivity index (χ1v) is 6.16. The Morgan fingerprint density at radius 1 is 1.35 bits per heavy atom. The molecule has 17 heavy (non-hydrogen) atoms. The van der Waals surface area contributed by atoms with Crippen molar-refractivity contribution in [3.8, 4) is 0 Å². The second kappa shape index (κ2) is 6.40. The molecule has 1 aromatic carbocycles. The van der Waals surface area contributed by atoms with E-state index in [4.69, 9.17) is 5.73 Å². The Kier molecular flexibility index (Phi) is 5.16. The highest BCUT2D eigenvalue weighted by atomic mass is 16.2. The van der Waals surface area contributed by atoms with Crippen LogP contribution in [0, 0.1) is 5.92 Å². The molecule has 0 saturated carbocycles. The molecule has 94 valence electrons. The minimum atomic E-state index is -0.129. The van der Waals surface area contributed by atoms with Crippen LogP contribution < -0.4 is 10.6 Å². The van der Waals surface area contributed by atoms with Crippen molar-refractivity contribution in [3.05, 3.63) is 29.8 Å². The van der Waals surface area contributed by atoms with Crippen LogP contribution in [0.5, 0.6) is 0 Å². The summed E-state index contributed by atoms with van der Waals surface area (Å²) in [5, 5.41) is 0. The Morgan fingerprint density at radius 3 is 2.41 bits per heavy atom. The second-order valence-corrected chi connectivity index (χ2v) is 4.45. The first-order chi connectivity index (χ1) is 8.10. The number of amides is 1. The molecule has 0 aliphatic rings. The summed E-state index contributed by atoms with van der Waals surface area (Å²) in [6.07, 6.45) is 2.22. The van der Waals surface area contributed by atoms with Gasteiger partial charge in [0.1, 0.15) is 0 Å². The SMILES string of the molecule is CCCc1ccc(N(C)C(=O)C(C)CN)cc1. The van der Waals surface area contributed by atoms with Crippen LogP contribution in [0.2, 0.25) is 0 Å². The number of carbonyl (C=O) groups is 1. The number of nitrogens with zero attached hydrogens (tertiary/aromatic N) is 1. The summed E-state index contributed by atoms with van der Waals surface area (Å²) in [5.41, 5.74) is 7.74. The number of nitrogens with two attached hydrogens (primary N) is 1. The molecule has 0 radical (unpaired) electrons. The van der Waals surface area contributed by atoms with E-state index in [2.05, 4.69) is 19.1 Å². The molecule has 1 amide bonds. The van der Waals surface area contributed by atoms with Crippen molar-refractivity contribution in [2.45, 2.75) is 26.7 Å². The molecule has 1 unspecified atom stereocenters. The Hall–Kier alpha value is -1.35. The van der Waals surface area contributed by atoms with Crippen LogP contribution in [-0.2, 0) is 11.2 Å². The normalized spacial score (nSPS) is 12.2. The van der Waals surface area contributed by atoms with Crippen LogP contribution in [0.15, 0.2) is 24.3 Å². The molecule has 0 spiro atoms. The van der Waals surface area contributed by atoms with Gasteiger partial charge in [0.25, 0.3) is 0 Å². The third-order valence-corrected chi connectivity index (χ3v) is 2.97. The first-order valence-electron chi connectivity index (χ1n) is 6.16. The van der Waals surface area contributed by atoms with Gasteiger partial charge in [-0.15, -0.1) is 0 Å². The molecule has 3 heteroatoms. The fraction of sp³-hybridized carbons (Fsp3) is 0.500. The van der Waals surface area contributed by atoms with Gasteiger partial charge in [-0.25, -0.2) is 0 Å². The first kappa shape index (κ1) is 13.7. The van der Waals surface area contributed by atoms with E-state index < -0.39 is 0 Å². The standard InChI is InChI=1S/C14H22N2O/c1-4-5-12-6-8-13(9-7-12)16(3)14(17)11(2)10-15/h6-9,11H,4-5,10,15H2,1-3H3. The van der Waals surface area contributed by atoms with E-state index in [-0.39, 0.29) is 11.8 Å². The van der Waals surface area contributed by atoms with Crippen LogP contribution in [-0.4, -0.2) is 19.5 Å². The zero-order valence-corrected chi connectivity index (χ0v) is 10.9. The molecule has 0 saturated heterocycles. The van der Waals surface area contributed by atoms with Crippen molar-refractivity contribution >= 4 is 11.6 Å². The van der Waals surface area contributed by atoms with E-state index in [1.54, 1.807) is 11.9 Å². The molecular formula is C14H22N2O. The van der Waals surface area contributed by atoms with Crippen molar-refractivity contribution < 1.29 is 4.79 Å². The lowest BCUT2D eigenvalue weighted by Gasteiger charge is -2.21. The zero-order valence-electron chi connectivity index (χ0n) is 10.9. The van der Waals surface area contributed by atoms with E-state index >= 15 is 0 Å². The van der Waals surface area contributed by atoms with Crippen molar-refractivity contribution in [3.63, 3.8) is 0 Å². The van der Waals surface area contributed by atoms with E-state index in [0.717, 1.165) is 18.5 Å². The maximum absolute atomic E-state index is 11.9. The highest BCUT2D eigenvalue weighted by Gasteiger charge is 2.16. The van der Waals surface area contributed by atoms with Gasteiger partial charge in [0, 0.05) is 25.2 Å². The topological polar surface area (TPSA) is 46.3 Å². The number of carbonyl (C=O) groups excluding carboxylic acids is 1. The predicted molar refractivity (Wildman–Crippen MR) is 72.1 cm³/mol. The van der Waals surface area contributed by atoms with Crippen LogP contribution in [0.3, 0.4) is 0 Å².